The minimum atomic E-state index is -0.463. The van der Waals surface area contributed by atoms with Crippen LogP contribution in [0.25, 0.3) is 0 Å². The maximum Gasteiger partial charge on any atom is 0.312 e. The fourth-order valence-electron chi connectivity index (χ4n) is 1.80. The third-order valence-electron chi connectivity index (χ3n) is 2.80. The van der Waals surface area contributed by atoms with Gasteiger partial charge >= 0.3 is 5.69 Å². The van der Waals surface area contributed by atoms with Gasteiger partial charge in [0.2, 0.25) is 5.75 Å². The van der Waals surface area contributed by atoms with Crippen LogP contribution < -0.4 is 4.74 Å². The molecule has 0 aliphatic rings. The predicted octanol–water partition coefficient (Wildman–Crippen LogP) is 5.96. The number of nitro groups is 1. The standard InChI is InChI=1S/C14H10Br2ClNO3/c1-8-4-10(15)5-13(18(19)20)14(8)21-11-3-2-9(7-17)12(16)6-11/h2-6H,7H2,1H3. The summed E-state index contributed by atoms with van der Waals surface area (Å²) in [6, 6.07) is 8.47. The first-order valence-corrected chi connectivity index (χ1v) is 8.01. The third kappa shape index (κ3) is 3.75. The molecule has 0 saturated heterocycles. The van der Waals surface area contributed by atoms with Crippen LogP contribution in [0.3, 0.4) is 0 Å². The van der Waals surface area contributed by atoms with E-state index in [4.69, 9.17) is 16.3 Å². The van der Waals surface area contributed by atoms with E-state index in [0.29, 0.717) is 21.7 Å². The molecule has 0 fully saturated rings. The van der Waals surface area contributed by atoms with Gasteiger partial charge in [0.25, 0.3) is 0 Å². The fourth-order valence-corrected chi connectivity index (χ4v) is 3.25. The van der Waals surface area contributed by atoms with Crippen molar-refractivity contribution < 1.29 is 9.66 Å². The summed E-state index contributed by atoms with van der Waals surface area (Å²) in [6.45, 7) is 1.76. The van der Waals surface area contributed by atoms with Crippen molar-refractivity contribution in [3.8, 4) is 11.5 Å². The van der Waals surface area contributed by atoms with E-state index in [9.17, 15) is 10.1 Å². The summed E-state index contributed by atoms with van der Waals surface area (Å²) in [4.78, 5) is 10.7. The number of halogens is 3. The Balaban J connectivity index is 2.44. The number of benzene rings is 2. The molecule has 0 spiro atoms. The molecule has 0 unspecified atom stereocenters. The van der Waals surface area contributed by atoms with Crippen molar-refractivity contribution in [3.63, 3.8) is 0 Å². The molecule has 4 nitrogen and oxygen atoms in total. The number of hydrogen-bond acceptors (Lipinski definition) is 3. The van der Waals surface area contributed by atoms with Crippen LogP contribution in [0.15, 0.2) is 39.3 Å². The number of alkyl halides is 1. The first-order valence-electron chi connectivity index (χ1n) is 5.89. The van der Waals surface area contributed by atoms with E-state index >= 15 is 0 Å². The molecule has 0 atom stereocenters. The van der Waals surface area contributed by atoms with Crippen molar-refractivity contribution in [2.24, 2.45) is 0 Å². The average molecular weight is 435 g/mol. The molecule has 0 aliphatic heterocycles. The molecule has 0 aliphatic carbocycles. The Morgan fingerprint density at radius 3 is 2.57 bits per heavy atom. The molecule has 110 valence electrons. The molecule has 0 aromatic heterocycles. The summed E-state index contributed by atoms with van der Waals surface area (Å²) >= 11 is 12.4. The van der Waals surface area contributed by atoms with Crippen LogP contribution in [0.4, 0.5) is 5.69 Å². The number of rotatable bonds is 4. The summed E-state index contributed by atoms with van der Waals surface area (Å²) < 4.78 is 7.14. The summed E-state index contributed by atoms with van der Waals surface area (Å²) in [5, 5.41) is 11.2. The number of aryl methyl sites for hydroxylation is 1. The molecule has 0 bridgehead atoms. The highest BCUT2D eigenvalue weighted by Gasteiger charge is 2.20. The van der Waals surface area contributed by atoms with E-state index in [2.05, 4.69) is 31.9 Å². The fraction of sp³-hybridized carbons (Fsp3) is 0.143. The molecular formula is C14H10Br2ClNO3. The average Bonchev–Trinajstić information content (AvgIpc) is 2.41. The Morgan fingerprint density at radius 1 is 1.29 bits per heavy atom. The van der Waals surface area contributed by atoms with Gasteiger partial charge in [-0.05, 0) is 36.2 Å². The molecule has 2 aromatic carbocycles. The van der Waals surface area contributed by atoms with Crippen molar-refractivity contribution in [2.45, 2.75) is 12.8 Å². The van der Waals surface area contributed by atoms with E-state index in [1.165, 1.54) is 6.07 Å². The number of nitro benzene ring substituents is 1. The summed E-state index contributed by atoms with van der Waals surface area (Å²) in [5.41, 5.74) is 1.51. The molecule has 0 amide bonds. The van der Waals surface area contributed by atoms with Crippen molar-refractivity contribution in [3.05, 3.63) is 60.5 Å². The second-order valence-electron chi connectivity index (χ2n) is 4.32. The SMILES string of the molecule is Cc1cc(Br)cc([N+](=O)[O-])c1Oc1ccc(CCl)c(Br)c1. The molecule has 0 saturated carbocycles. The van der Waals surface area contributed by atoms with Gasteiger partial charge in [0.05, 0.1) is 4.92 Å². The zero-order chi connectivity index (χ0) is 15.6. The third-order valence-corrected chi connectivity index (χ3v) is 4.29. The van der Waals surface area contributed by atoms with Crippen LogP contribution in [0, 0.1) is 17.0 Å². The van der Waals surface area contributed by atoms with Gasteiger partial charge in [-0.25, -0.2) is 0 Å². The maximum atomic E-state index is 11.2. The van der Waals surface area contributed by atoms with Crippen LogP contribution >= 0.6 is 43.5 Å². The topological polar surface area (TPSA) is 52.4 Å². The first-order chi connectivity index (χ1) is 9.92. The van der Waals surface area contributed by atoms with Gasteiger partial charge in [-0.15, -0.1) is 11.6 Å². The highest BCUT2D eigenvalue weighted by atomic mass is 79.9. The minimum Gasteiger partial charge on any atom is -0.450 e. The minimum absolute atomic E-state index is 0.0839. The smallest absolute Gasteiger partial charge is 0.312 e. The summed E-state index contributed by atoms with van der Waals surface area (Å²) in [7, 11) is 0. The lowest BCUT2D eigenvalue weighted by atomic mass is 10.2. The Hall–Kier alpha value is -1.11. The Bertz CT molecular complexity index is 707. The Morgan fingerprint density at radius 2 is 2.00 bits per heavy atom. The number of nitrogens with zero attached hydrogens (tertiary/aromatic N) is 1. The molecular weight excluding hydrogens is 425 g/mol. The number of hydrogen-bond donors (Lipinski definition) is 0. The van der Waals surface area contributed by atoms with Crippen LogP contribution in [0.1, 0.15) is 11.1 Å². The monoisotopic (exact) mass is 433 g/mol. The summed E-state index contributed by atoms with van der Waals surface area (Å²) in [5.74, 6) is 1.11. The van der Waals surface area contributed by atoms with Crippen LogP contribution in [-0.2, 0) is 5.88 Å². The second kappa shape index (κ2) is 6.77. The molecule has 0 heterocycles. The van der Waals surface area contributed by atoms with E-state index in [-0.39, 0.29) is 11.4 Å². The van der Waals surface area contributed by atoms with E-state index in [1.807, 2.05) is 6.07 Å². The lowest BCUT2D eigenvalue weighted by Crippen LogP contribution is -1.96. The zero-order valence-electron chi connectivity index (χ0n) is 10.9. The maximum absolute atomic E-state index is 11.2. The molecule has 0 radical (unpaired) electrons. The van der Waals surface area contributed by atoms with Crippen molar-refractivity contribution in [1.82, 2.24) is 0 Å². The van der Waals surface area contributed by atoms with E-state index < -0.39 is 4.92 Å². The quantitative estimate of drug-likeness (QED) is 0.338. The second-order valence-corrected chi connectivity index (χ2v) is 6.35. The number of ether oxygens (including phenoxy) is 1. The molecule has 2 rings (SSSR count). The molecule has 7 heteroatoms. The van der Waals surface area contributed by atoms with Gasteiger partial charge < -0.3 is 4.74 Å². The Kier molecular flexibility index (Phi) is 5.24. The van der Waals surface area contributed by atoms with Crippen molar-refractivity contribution >= 4 is 49.1 Å². The van der Waals surface area contributed by atoms with Crippen LogP contribution in [-0.4, -0.2) is 4.92 Å². The largest absolute Gasteiger partial charge is 0.450 e. The van der Waals surface area contributed by atoms with Gasteiger partial charge in [-0.3, -0.25) is 10.1 Å². The van der Waals surface area contributed by atoms with Gasteiger partial charge in [0.1, 0.15) is 5.75 Å². The lowest BCUT2D eigenvalue weighted by Gasteiger charge is -2.11. The zero-order valence-corrected chi connectivity index (χ0v) is 14.8. The predicted molar refractivity (Wildman–Crippen MR) is 89.3 cm³/mol. The highest BCUT2D eigenvalue weighted by molar-refractivity contribution is 9.10. The first kappa shape index (κ1) is 16.3. The Labute approximate surface area is 143 Å². The van der Waals surface area contributed by atoms with E-state index in [0.717, 1.165) is 10.0 Å². The normalized spacial score (nSPS) is 10.5. The van der Waals surface area contributed by atoms with Crippen LogP contribution in [0.2, 0.25) is 0 Å². The van der Waals surface area contributed by atoms with Gasteiger partial charge in [-0.2, -0.15) is 0 Å². The highest BCUT2D eigenvalue weighted by Crippen LogP contribution is 2.38. The lowest BCUT2D eigenvalue weighted by molar-refractivity contribution is -0.385. The van der Waals surface area contributed by atoms with Gasteiger partial charge in [0.15, 0.2) is 0 Å². The summed E-state index contributed by atoms with van der Waals surface area (Å²) in [6.07, 6.45) is 0. The molecule has 21 heavy (non-hydrogen) atoms. The molecule has 0 N–H and O–H groups in total. The van der Waals surface area contributed by atoms with Gasteiger partial charge in [0, 0.05) is 20.9 Å². The molecule has 2 aromatic rings. The van der Waals surface area contributed by atoms with Gasteiger partial charge in [-0.1, -0.05) is 37.9 Å². The van der Waals surface area contributed by atoms with Crippen LogP contribution in [0.5, 0.6) is 11.5 Å². The van der Waals surface area contributed by atoms with E-state index in [1.54, 1.807) is 25.1 Å². The van der Waals surface area contributed by atoms with Crippen molar-refractivity contribution in [1.29, 1.82) is 0 Å². The van der Waals surface area contributed by atoms with Crippen molar-refractivity contribution in [2.75, 3.05) is 0 Å².